The van der Waals surface area contributed by atoms with Crippen LogP contribution in [0.1, 0.15) is 38.6 Å². The lowest BCUT2D eigenvalue weighted by molar-refractivity contribution is -0.116. The lowest BCUT2D eigenvalue weighted by Gasteiger charge is -2.14. The number of thiazole rings is 1. The molecule has 1 N–H and O–H groups in total. The van der Waals surface area contributed by atoms with E-state index in [0.717, 1.165) is 11.5 Å². The molecule has 102 valence electrons. The molecule has 19 heavy (non-hydrogen) atoms. The molecule has 0 saturated carbocycles. The van der Waals surface area contributed by atoms with Crippen LogP contribution in [0.3, 0.4) is 0 Å². The van der Waals surface area contributed by atoms with Crippen molar-refractivity contribution in [2.24, 2.45) is 0 Å². The van der Waals surface area contributed by atoms with Gasteiger partial charge in [-0.05, 0) is 12.1 Å². The second-order valence-electron chi connectivity index (χ2n) is 5.42. The molecule has 0 fully saturated rings. The molecule has 4 nitrogen and oxygen atoms in total. The summed E-state index contributed by atoms with van der Waals surface area (Å²) in [5.74, 6) is 0.788. The molecule has 0 spiro atoms. The van der Waals surface area contributed by atoms with E-state index >= 15 is 0 Å². The fraction of sp³-hybridized carbons (Fsp3) is 0.429. The number of carbonyl (C=O) groups excluding carboxylic acids is 1. The maximum atomic E-state index is 11.8. The van der Waals surface area contributed by atoms with Crippen LogP contribution < -0.4 is 5.32 Å². The Morgan fingerprint density at radius 1 is 1.47 bits per heavy atom. The van der Waals surface area contributed by atoms with Gasteiger partial charge in [0, 0.05) is 23.6 Å². The number of rotatable bonds is 4. The van der Waals surface area contributed by atoms with Gasteiger partial charge in [-0.2, -0.15) is 0 Å². The smallest absolute Gasteiger partial charge is 0.226 e. The first-order chi connectivity index (χ1) is 8.95. The first kappa shape index (κ1) is 13.8. The van der Waals surface area contributed by atoms with Crippen molar-refractivity contribution in [3.63, 3.8) is 0 Å². The second-order valence-corrected chi connectivity index (χ2v) is 6.27. The molecular formula is C14H18N2O2S. The summed E-state index contributed by atoms with van der Waals surface area (Å²) in [5, 5.41) is 5.47. The Labute approximate surface area is 116 Å². The molecule has 0 atom stereocenters. The predicted molar refractivity (Wildman–Crippen MR) is 76.5 cm³/mol. The number of furan rings is 1. The number of nitrogens with one attached hydrogen (secondary N) is 1. The van der Waals surface area contributed by atoms with Gasteiger partial charge in [-0.15, -0.1) is 11.3 Å². The van der Waals surface area contributed by atoms with Gasteiger partial charge in [0.2, 0.25) is 5.91 Å². The van der Waals surface area contributed by atoms with E-state index in [9.17, 15) is 4.79 Å². The van der Waals surface area contributed by atoms with Crippen molar-refractivity contribution in [3.05, 3.63) is 35.2 Å². The molecule has 0 radical (unpaired) electrons. The predicted octanol–water partition coefficient (Wildman–Crippen LogP) is 3.60. The van der Waals surface area contributed by atoms with Crippen molar-refractivity contribution in [2.75, 3.05) is 5.32 Å². The van der Waals surface area contributed by atoms with Crippen molar-refractivity contribution in [3.8, 4) is 0 Å². The highest BCUT2D eigenvalue weighted by Gasteiger charge is 2.18. The van der Waals surface area contributed by atoms with Crippen LogP contribution in [-0.2, 0) is 16.6 Å². The van der Waals surface area contributed by atoms with E-state index in [2.05, 4.69) is 31.1 Å². The normalized spacial score (nSPS) is 11.5. The Morgan fingerprint density at radius 3 is 2.84 bits per heavy atom. The fourth-order valence-corrected chi connectivity index (χ4v) is 2.50. The summed E-state index contributed by atoms with van der Waals surface area (Å²) < 4.78 is 5.19. The van der Waals surface area contributed by atoms with E-state index in [1.807, 2.05) is 17.5 Å². The number of aryl methyl sites for hydroxylation is 1. The summed E-state index contributed by atoms with van der Waals surface area (Å²) in [6.45, 7) is 6.31. The first-order valence-corrected chi connectivity index (χ1v) is 7.11. The molecule has 1 amide bonds. The highest BCUT2D eigenvalue weighted by molar-refractivity contribution is 7.13. The van der Waals surface area contributed by atoms with E-state index in [1.54, 1.807) is 6.26 Å². The Hall–Kier alpha value is -1.62. The maximum absolute atomic E-state index is 11.8. The summed E-state index contributed by atoms with van der Waals surface area (Å²) >= 11 is 1.46. The van der Waals surface area contributed by atoms with Gasteiger partial charge >= 0.3 is 0 Å². The van der Waals surface area contributed by atoms with Crippen molar-refractivity contribution in [1.82, 2.24) is 4.98 Å². The minimum Gasteiger partial charge on any atom is -0.469 e. The van der Waals surface area contributed by atoms with Crippen LogP contribution in [-0.4, -0.2) is 10.9 Å². The van der Waals surface area contributed by atoms with E-state index in [0.29, 0.717) is 18.0 Å². The van der Waals surface area contributed by atoms with Crippen molar-refractivity contribution < 1.29 is 9.21 Å². The lowest BCUT2D eigenvalue weighted by Crippen LogP contribution is -2.14. The quantitative estimate of drug-likeness (QED) is 0.929. The fourth-order valence-electron chi connectivity index (χ4n) is 1.55. The number of hydrogen-bond donors (Lipinski definition) is 1. The molecule has 0 aliphatic rings. The number of anilines is 1. The zero-order valence-corrected chi connectivity index (χ0v) is 12.2. The third-order valence-corrected chi connectivity index (χ3v) is 3.46. The van der Waals surface area contributed by atoms with Crippen LogP contribution in [0.5, 0.6) is 0 Å². The van der Waals surface area contributed by atoms with Gasteiger partial charge in [0.1, 0.15) is 5.76 Å². The molecule has 0 aliphatic heterocycles. The van der Waals surface area contributed by atoms with Crippen LogP contribution >= 0.6 is 11.3 Å². The van der Waals surface area contributed by atoms with Gasteiger partial charge < -0.3 is 9.73 Å². The number of nitrogens with zero attached hydrogens (tertiary/aromatic N) is 1. The van der Waals surface area contributed by atoms with E-state index < -0.39 is 0 Å². The van der Waals surface area contributed by atoms with Crippen LogP contribution in [0.25, 0.3) is 0 Å². The highest BCUT2D eigenvalue weighted by atomic mass is 32.1. The Balaban J connectivity index is 1.87. The van der Waals surface area contributed by atoms with E-state index in [-0.39, 0.29) is 11.3 Å². The second kappa shape index (κ2) is 5.57. The van der Waals surface area contributed by atoms with Crippen LogP contribution in [0, 0.1) is 0 Å². The topological polar surface area (TPSA) is 55.1 Å². The standard InChI is InChI=1S/C14H18N2O2S/c1-14(2,3)11-9-19-13(15-11)16-12(17)7-6-10-5-4-8-18-10/h4-5,8-9H,6-7H2,1-3H3,(H,15,16,17). The van der Waals surface area contributed by atoms with Crippen molar-refractivity contribution >= 4 is 22.4 Å². The van der Waals surface area contributed by atoms with Gasteiger partial charge in [-0.25, -0.2) is 4.98 Å². The molecule has 0 saturated heterocycles. The summed E-state index contributed by atoms with van der Waals surface area (Å²) in [4.78, 5) is 16.2. The summed E-state index contributed by atoms with van der Waals surface area (Å²) in [5.41, 5.74) is 1.01. The molecule has 0 aliphatic carbocycles. The zero-order valence-electron chi connectivity index (χ0n) is 11.4. The van der Waals surface area contributed by atoms with Gasteiger partial charge in [-0.3, -0.25) is 4.79 Å². The molecule has 0 unspecified atom stereocenters. The Bertz CT molecular complexity index is 538. The Morgan fingerprint density at radius 2 is 2.26 bits per heavy atom. The third-order valence-electron chi connectivity index (χ3n) is 2.70. The molecular weight excluding hydrogens is 260 g/mol. The SMILES string of the molecule is CC(C)(C)c1csc(NC(=O)CCc2ccco2)n1. The Kier molecular flexibility index (Phi) is 4.04. The van der Waals surface area contributed by atoms with Crippen molar-refractivity contribution in [1.29, 1.82) is 0 Å². The van der Waals surface area contributed by atoms with Gasteiger partial charge in [0.05, 0.1) is 12.0 Å². The molecule has 2 rings (SSSR count). The minimum absolute atomic E-state index is 0.00759. The number of carbonyl (C=O) groups is 1. The van der Waals surface area contributed by atoms with Crippen LogP contribution in [0.4, 0.5) is 5.13 Å². The van der Waals surface area contributed by atoms with E-state index in [1.165, 1.54) is 11.3 Å². The largest absolute Gasteiger partial charge is 0.469 e. The minimum atomic E-state index is -0.0359. The molecule has 5 heteroatoms. The molecule has 0 bridgehead atoms. The summed E-state index contributed by atoms with van der Waals surface area (Å²) in [7, 11) is 0. The maximum Gasteiger partial charge on any atom is 0.226 e. The van der Waals surface area contributed by atoms with E-state index in [4.69, 9.17) is 4.42 Å². The number of aromatic nitrogens is 1. The first-order valence-electron chi connectivity index (χ1n) is 6.23. The summed E-state index contributed by atoms with van der Waals surface area (Å²) in [6.07, 6.45) is 2.62. The number of amides is 1. The lowest BCUT2D eigenvalue weighted by atomic mass is 9.93. The molecule has 0 aromatic carbocycles. The van der Waals surface area contributed by atoms with Gasteiger partial charge in [0.15, 0.2) is 5.13 Å². The van der Waals surface area contributed by atoms with Gasteiger partial charge in [-0.1, -0.05) is 20.8 Å². The average molecular weight is 278 g/mol. The third kappa shape index (κ3) is 3.92. The zero-order chi connectivity index (χ0) is 13.9. The van der Waals surface area contributed by atoms with Gasteiger partial charge in [0.25, 0.3) is 0 Å². The summed E-state index contributed by atoms with van der Waals surface area (Å²) in [6, 6.07) is 3.69. The highest BCUT2D eigenvalue weighted by Crippen LogP contribution is 2.26. The molecule has 2 aromatic heterocycles. The molecule has 2 heterocycles. The van der Waals surface area contributed by atoms with Crippen LogP contribution in [0.2, 0.25) is 0 Å². The molecule has 2 aromatic rings. The average Bonchev–Trinajstić information content (AvgIpc) is 2.95. The monoisotopic (exact) mass is 278 g/mol. The number of hydrogen-bond acceptors (Lipinski definition) is 4. The van der Waals surface area contributed by atoms with Crippen molar-refractivity contribution in [2.45, 2.75) is 39.0 Å². The van der Waals surface area contributed by atoms with Crippen LogP contribution in [0.15, 0.2) is 28.2 Å².